The van der Waals surface area contributed by atoms with E-state index in [2.05, 4.69) is 10.2 Å². The molecule has 0 bridgehead atoms. The van der Waals surface area contributed by atoms with Gasteiger partial charge in [0.2, 0.25) is 5.88 Å². The van der Waals surface area contributed by atoms with Crippen molar-refractivity contribution in [2.45, 2.75) is 20.4 Å². The van der Waals surface area contributed by atoms with E-state index in [1.54, 1.807) is 19.1 Å². The van der Waals surface area contributed by atoms with Gasteiger partial charge in [0, 0.05) is 12.7 Å². The topological polar surface area (TPSA) is 100.0 Å². The smallest absolute Gasteiger partial charge is 0.281 e. The first-order valence-electron chi connectivity index (χ1n) is 7.33. The van der Waals surface area contributed by atoms with E-state index in [-0.39, 0.29) is 30.3 Å². The molecule has 124 valence electrons. The Morgan fingerprint density at radius 1 is 1.25 bits per heavy atom. The van der Waals surface area contributed by atoms with Gasteiger partial charge in [0.15, 0.2) is 5.69 Å². The van der Waals surface area contributed by atoms with Gasteiger partial charge in [-0.25, -0.2) is 0 Å². The summed E-state index contributed by atoms with van der Waals surface area (Å²) in [6.45, 7) is 3.85. The fraction of sp³-hybridized carbons (Fsp3) is 0.294. The van der Waals surface area contributed by atoms with Crippen molar-refractivity contribution in [2.24, 2.45) is 10.2 Å². The quantitative estimate of drug-likeness (QED) is 0.853. The number of aromatic hydroxyl groups is 1. The first-order valence-corrected chi connectivity index (χ1v) is 7.33. The molecule has 0 unspecified atom stereocenters. The van der Waals surface area contributed by atoms with E-state index in [0.29, 0.717) is 11.3 Å². The molecular formula is C17H18N4O3. The van der Waals surface area contributed by atoms with E-state index in [0.717, 1.165) is 10.1 Å². The van der Waals surface area contributed by atoms with E-state index in [4.69, 9.17) is 4.74 Å². The Balaban J connectivity index is 2.54. The van der Waals surface area contributed by atoms with Crippen LogP contribution in [0.1, 0.15) is 16.7 Å². The predicted octanol–water partition coefficient (Wildman–Crippen LogP) is 3.10. The molecule has 0 aliphatic rings. The standard InChI is InChI=1S/C17H18N4O3/c1-11-4-6-13(7-5-11)19-20-15-12(2)14(10-18)16(22)21(17(15)23)8-9-24-3/h4-7,22H,8-9H2,1-3H3. The molecule has 1 heterocycles. The molecule has 0 aliphatic carbocycles. The zero-order valence-electron chi connectivity index (χ0n) is 13.8. The molecule has 0 atom stereocenters. The Morgan fingerprint density at radius 3 is 2.50 bits per heavy atom. The summed E-state index contributed by atoms with van der Waals surface area (Å²) in [5.41, 5.74) is 1.49. The molecular weight excluding hydrogens is 308 g/mol. The van der Waals surface area contributed by atoms with Gasteiger partial charge in [-0.15, -0.1) is 5.11 Å². The Kier molecular flexibility index (Phi) is 5.45. The Hall–Kier alpha value is -2.98. The number of hydrogen-bond donors (Lipinski definition) is 1. The molecule has 7 heteroatoms. The number of nitrogens with zero attached hydrogens (tertiary/aromatic N) is 4. The van der Waals surface area contributed by atoms with E-state index in [1.807, 2.05) is 25.1 Å². The Bertz CT molecular complexity index is 861. The maximum atomic E-state index is 12.5. The van der Waals surface area contributed by atoms with E-state index in [9.17, 15) is 15.2 Å². The van der Waals surface area contributed by atoms with Gasteiger partial charge in [-0.3, -0.25) is 9.36 Å². The molecule has 2 aromatic rings. The summed E-state index contributed by atoms with van der Waals surface area (Å²) in [4.78, 5) is 12.5. The van der Waals surface area contributed by atoms with Crippen molar-refractivity contribution in [3.8, 4) is 11.9 Å². The summed E-state index contributed by atoms with van der Waals surface area (Å²) >= 11 is 0. The van der Waals surface area contributed by atoms with Gasteiger partial charge in [0.25, 0.3) is 5.56 Å². The second-order valence-corrected chi connectivity index (χ2v) is 5.27. The second kappa shape index (κ2) is 7.53. The number of aryl methyl sites for hydroxylation is 1. The molecule has 7 nitrogen and oxygen atoms in total. The third kappa shape index (κ3) is 3.50. The van der Waals surface area contributed by atoms with E-state index in [1.165, 1.54) is 7.11 Å². The van der Waals surface area contributed by atoms with Crippen molar-refractivity contribution in [1.82, 2.24) is 4.57 Å². The number of benzene rings is 1. The van der Waals surface area contributed by atoms with E-state index >= 15 is 0 Å². The van der Waals surface area contributed by atoms with Crippen LogP contribution in [-0.4, -0.2) is 23.4 Å². The van der Waals surface area contributed by atoms with Crippen LogP contribution < -0.4 is 5.56 Å². The van der Waals surface area contributed by atoms with Crippen LogP contribution in [0, 0.1) is 25.2 Å². The average Bonchev–Trinajstić information content (AvgIpc) is 2.57. The number of azo groups is 1. The van der Waals surface area contributed by atoms with Gasteiger partial charge in [0.1, 0.15) is 11.6 Å². The minimum absolute atomic E-state index is 0.00330. The minimum Gasteiger partial charge on any atom is -0.493 e. The van der Waals surface area contributed by atoms with Crippen LogP contribution >= 0.6 is 0 Å². The molecule has 0 aliphatic heterocycles. The zero-order valence-corrected chi connectivity index (χ0v) is 13.8. The highest BCUT2D eigenvalue weighted by Crippen LogP contribution is 2.26. The third-order valence-electron chi connectivity index (χ3n) is 3.59. The average molecular weight is 326 g/mol. The highest BCUT2D eigenvalue weighted by atomic mass is 16.5. The van der Waals surface area contributed by atoms with Gasteiger partial charge in [-0.2, -0.15) is 10.4 Å². The van der Waals surface area contributed by atoms with Crippen LogP contribution in [0.25, 0.3) is 0 Å². The van der Waals surface area contributed by atoms with Crippen molar-refractivity contribution >= 4 is 11.4 Å². The third-order valence-corrected chi connectivity index (χ3v) is 3.59. The summed E-state index contributed by atoms with van der Waals surface area (Å²) in [7, 11) is 1.49. The number of nitriles is 1. The summed E-state index contributed by atoms with van der Waals surface area (Å²) in [5, 5.41) is 27.4. The van der Waals surface area contributed by atoms with Crippen molar-refractivity contribution in [3.05, 3.63) is 51.3 Å². The molecule has 0 radical (unpaired) electrons. The van der Waals surface area contributed by atoms with Gasteiger partial charge in [0.05, 0.1) is 18.8 Å². The first kappa shape index (κ1) is 17.4. The van der Waals surface area contributed by atoms with Crippen molar-refractivity contribution in [1.29, 1.82) is 5.26 Å². The zero-order chi connectivity index (χ0) is 17.7. The molecule has 2 rings (SSSR count). The van der Waals surface area contributed by atoms with Crippen LogP contribution in [0.3, 0.4) is 0 Å². The van der Waals surface area contributed by atoms with Gasteiger partial charge < -0.3 is 9.84 Å². The van der Waals surface area contributed by atoms with Crippen molar-refractivity contribution in [3.63, 3.8) is 0 Å². The second-order valence-electron chi connectivity index (χ2n) is 5.27. The highest BCUT2D eigenvalue weighted by Gasteiger charge is 2.18. The van der Waals surface area contributed by atoms with Crippen molar-refractivity contribution < 1.29 is 9.84 Å². The molecule has 24 heavy (non-hydrogen) atoms. The summed E-state index contributed by atoms with van der Waals surface area (Å²) in [6.07, 6.45) is 0. The van der Waals surface area contributed by atoms with Crippen molar-refractivity contribution in [2.75, 3.05) is 13.7 Å². The molecule has 0 saturated carbocycles. The number of methoxy groups -OCH3 is 1. The van der Waals surface area contributed by atoms with E-state index < -0.39 is 5.56 Å². The highest BCUT2D eigenvalue weighted by molar-refractivity contribution is 5.56. The minimum atomic E-state index is -0.517. The largest absolute Gasteiger partial charge is 0.493 e. The molecule has 0 saturated heterocycles. The molecule has 1 aromatic heterocycles. The van der Waals surface area contributed by atoms with Crippen LogP contribution in [0.4, 0.5) is 11.4 Å². The van der Waals surface area contributed by atoms with Gasteiger partial charge in [-0.1, -0.05) is 17.7 Å². The monoisotopic (exact) mass is 326 g/mol. The number of rotatable bonds is 5. The lowest BCUT2D eigenvalue weighted by molar-refractivity contribution is 0.182. The van der Waals surface area contributed by atoms with Gasteiger partial charge >= 0.3 is 0 Å². The molecule has 0 fully saturated rings. The number of hydrogen-bond acceptors (Lipinski definition) is 6. The predicted molar refractivity (Wildman–Crippen MR) is 89.0 cm³/mol. The number of ether oxygens (including phenoxy) is 1. The molecule has 0 spiro atoms. The Labute approximate surface area is 139 Å². The summed E-state index contributed by atoms with van der Waals surface area (Å²) in [6, 6.07) is 9.23. The number of pyridine rings is 1. The number of aromatic nitrogens is 1. The summed E-state index contributed by atoms with van der Waals surface area (Å²) in [5.74, 6) is -0.383. The lowest BCUT2D eigenvalue weighted by Gasteiger charge is -2.12. The molecule has 0 amide bonds. The Morgan fingerprint density at radius 2 is 1.92 bits per heavy atom. The maximum absolute atomic E-state index is 12.5. The van der Waals surface area contributed by atoms with Crippen LogP contribution in [0.2, 0.25) is 0 Å². The SMILES string of the molecule is COCCn1c(O)c(C#N)c(C)c(N=Nc2ccc(C)cc2)c1=O. The lowest BCUT2D eigenvalue weighted by Crippen LogP contribution is -2.23. The summed E-state index contributed by atoms with van der Waals surface area (Å²) < 4.78 is 6.00. The lowest BCUT2D eigenvalue weighted by atomic mass is 10.1. The fourth-order valence-corrected chi connectivity index (χ4v) is 2.17. The first-order chi connectivity index (χ1) is 11.5. The molecule has 1 N–H and O–H groups in total. The molecule has 1 aromatic carbocycles. The van der Waals surface area contributed by atoms with Crippen LogP contribution in [-0.2, 0) is 11.3 Å². The van der Waals surface area contributed by atoms with Crippen LogP contribution in [0.15, 0.2) is 39.3 Å². The maximum Gasteiger partial charge on any atom is 0.281 e. The normalized spacial score (nSPS) is 10.9. The van der Waals surface area contributed by atoms with Crippen LogP contribution in [0.5, 0.6) is 5.88 Å². The fourth-order valence-electron chi connectivity index (χ4n) is 2.17. The van der Waals surface area contributed by atoms with Gasteiger partial charge in [-0.05, 0) is 26.0 Å².